The highest BCUT2D eigenvalue weighted by Gasteiger charge is 2.18. The van der Waals surface area contributed by atoms with Crippen molar-refractivity contribution in [2.45, 2.75) is 39.0 Å². The van der Waals surface area contributed by atoms with Crippen LogP contribution in [0.15, 0.2) is 11.6 Å². The van der Waals surface area contributed by atoms with Crippen molar-refractivity contribution in [2.24, 2.45) is 0 Å². The topological polar surface area (TPSA) is 34.1 Å². The Kier molecular flexibility index (Phi) is 3.20. The molecule has 0 saturated heterocycles. The maximum Gasteiger partial charge on any atom is 0.166 e. The molecule has 0 bridgehead atoms. The molecule has 0 unspecified atom stereocenters. The van der Waals surface area contributed by atoms with Crippen LogP contribution in [0.3, 0.4) is 0 Å². The van der Waals surface area contributed by atoms with Gasteiger partial charge in [-0.2, -0.15) is 0 Å². The summed E-state index contributed by atoms with van der Waals surface area (Å²) in [5.74, 6) is 0.0712. The molecule has 66 valence electrons. The van der Waals surface area contributed by atoms with Crippen LogP contribution >= 0.6 is 0 Å². The number of ketones is 2. The Morgan fingerprint density at radius 3 is 2.92 bits per heavy atom. The fourth-order valence-electron chi connectivity index (χ4n) is 1.39. The average Bonchev–Trinajstić information content (AvgIpc) is 2.05. The zero-order chi connectivity index (χ0) is 8.97. The molecule has 0 aromatic carbocycles. The molecule has 0 heterocycles. The van der Waals surface area contributed by atoms with Gasteiger partial charge in [-0.3, -0.25) is 9.59 Å². The van der Waals surface area contributed by atoms with E-state index < -0.39 is 0 Å². The van der Waals surface area contributed by atoms with Gasteiger partial charge in [0.05, 0.1) is 5.57 Å². The van der Waals surface area contributed by atoms with E-state index in [0.29, 0.717) is 18.4 Å². The van der Waals surface area contributed by atoms with E-state index in [-0.39, 0.29) is 11.6 Å². The van der Waals surface area contributed by atoms with Crippen LogP contribution in [0.25, 0.3) is 0 Å². The molecule has 12 heavy (non-hydrogen) atoms. The number of allylic oxidation sites excluding steroid dienone is 2. The molecular weight excluding hydrogens is 152 g/mol. The van der Waals surface area contributed by atoms with E-state index in [9.17, 15) is 9.59 Å². The molecular formula is C10H14O2. The van der Waals surface area contributed by atoms with Crippen LogP contribution in [0.2, 0.25) is 0 Å². The molecule has 0 aliphatic heterocycles. The van der Waals surface area contributed by atoms with E-state index in [2.05, 4.69) is 0 Å². The van der Waals surface area contributed by atoms with Crippen LogP contribution in [0.4, 0.5) is 0 Å². The summed E-state index contributed by atoms with van der Waals surface area (Å²) in [5, 5.41) is 0. The predicted molar refractivity (Wildman–Crippen MR) is 46.9 cm³/mol. The monoisotopic (exact) mass is 166 g/mol. The first-order valence-corrected chi connectivity index (χ1v) is 4.52. The van der Waals surface area contributed by atoms with Crippen molar-refractivity contribution in [3.05, 3.63) is 11.6 Å². The Hall–Kier alpha value is -0.920. The summed E-state index contributed by atoms with van der Waals surface area (Å²) in [6.07, 6.45) is 5.48. The number of hydrogen-bond acceptors (Lipinski definition) is 2. The van der Waals surface area contributed by atoms with Crippen molar-refractivity contribution < 1.29 is 9.59 Å². The Morgan fingerprint density at radius 2 is 2.33 bits per heavy atom. The first-order valence-electron chi connectivity index (χ1n) is 4.52. The number of carbonyl (C=O) groups is 2. The lowest BCUT2D eigenvalue weighted by molar-refractivity contribution is -0.121. The average molecular weight is 166 g/mol. The third-order valence-corrected chi connectivity index (χ3v) is 2.03. The summed E-state index contributed by atoms with van der Waals surface area (Å²) in [5.41, 5.74) is 0.461. The third-order valence-electron chi connectivity index (χ3n) is 2.03. The van der Waals surface area contributed by atoms with Crippen LogP contribution in [-0.4, -0.2) is 11.6 Å². The molecule has 0 N–H and O–H groups in total. The highest BCUT2D eigenvalue weighted by molar-refractivity contribution is 6.20. The van der Waals surface area contributed by atoms with Gasteiger partial charge < -0.3 is 0 Å². The highest BCUT2D eigenvalue weighted by Crippen LogP contribution is 2.16. The standard InChI is InChI=1S/C10H14O2/c1-2-5-9(11)8-6-3-4-7-10(8)12/h6H,2-5,7H2,1H3. The van der Waals surface area contributed by atoms with E-state index in [1.165, 1.54) is 0 Å². The Labute approximate surface area is 72.7 Å². The van der Waals surface area contributed by atoms with Crippen LogP contribution in [0.5, 0.6) is 0 Å². The molecule has 0 saturated carbocycles. The zero-order valence-electron chi connectivity index (χ0n) is 7.43. The van der Waals surface area contributed by atoms with Gasteiger partial charge in [-0.1, -0.05) is 13.0 Å². The lowest BCUT2D eigenvalue weighted by atomic mass is 9.93. The quantitative estimate of drug-likeness (QED) is 0.601. The fourth-order valence-corrected chi connectivity index (χ4v) is 1.39. The Balaban J connectivity index is 2.65. The molecule has 1 aliphatic carbocycles. The third kappa shape index (κ3) is 2.03. The van der Waals surface area contributed by atoms with E-state index in [1.54, 1.807) is 6.08 Å². The lowest BCUT2D eigenvalue weighted by Gasteiger charge is -2.09. The number of hydrogen-bond donors (Lipinski definition) is 0. The van der Waals surface area contributed by atoms with Gasteiger partial charge in [0.2, 0.25) is 0 Å². The first kappa shape index (κ1) is 9.17. The van der Waals surface area contributed by atoms with Gasteiger partial charge in [0.25, 0.3) is 0 Å². The SMILES string of the molecule is CCCC(=O)C1=CCCCC1=O. The van der Waals surface area contributed by atoms with Gasteiger partial charge in [-0.05, 0) is 19.3 Å². The molecule has 2 nitrogen and oxygen atoms in total. The minimum absolute atomic E-state index is 0.0298. The highest BCUT2D eigenvalue weighted by atomic mass is 16.1. The lowest BCUT2D eigenvalue weighted by Crippen LogP contribution is -2.15. The van der Waals surface area contributed by atoms with Gasteiger partial charge in [0.1, 0.15) is 0 Å². The summed E-state index contributed by atoms with van der Waals surface area (Å²) in [6, 6.07) is 0. The summed E-state index contributed by atoms with van der Waals surface area (Å²) in [6.45, 7) is 1.95. The minimum Gasteiger partial charge on any atom is -0.294 e. The summed E-state index contributed by atoms with van der Waals surface area (Å²) < 4.78 is 0. The van der Waals surface area contributed by atoms with Crippen LogP contribution in [-0.2, 0) is 9.59 Å². The Morgan fingerprint density at radius 1 is 1.58 bits per heavy atom. The molecule has 0 atom stereocenters. The van der Waals surface area contributed by atoms with Gasteiger partial charge in [-0.15, -0.1) is 0 Å². The van der Waals surface area contributed by atoms with Crippen LogP contribution in [0.1, 0.15) is 39.0 Å². The molecule has 2 heteroatoms. The summed E-state index contributed by atoms with van der Waals surface area (Å²) >= 11 is 0. The van der Waals surface area contributed by atoms with E-state index in [0.717, 1.165) is 19.3 Å². The predicted octanol–water partition coefficient (Wildman–Crippen LogP) is 2.04. The molecule has 0 aromatic heterocycles. The van der Waals surface area contributed by atoms with Crippen molar-refractivity contribution in [3.63, 3.8) is 0 Å². The second-order valence-corrected chi connectivity index (χ2v) is 3.11. The zero-order valence-corrected chi connectivity index (χ0v) is 7.43. The maximum absolute atomic E-state index is 11.3. The summed E-state index contributed by atoms with van der Waals surface area (Å²) in [7, 11) is 0. The van der Waals surface area contributed by atoms with E-state index in [4.69, 9.17) is 0 Å². The molecule has 0 aromatic rings. The van der Waals surface area contributed by atoms with Crippen molar-refractivity contribution in [1.82, 2.24) is 0 Å². The molecule has 0 radical (unpaired) electrons. The molecule has 0 amide bonds. The van der Waals surface area contributed by atoms with E-state index >= 15 is 0 Å². The van der Waals surface area contributed by atoms with Gasteiger partial charge in [0, 0.05) is 12.8 Å². The second kappa shape index (κ2) is 4.19. The van der Waals surface area contributed by atoms with Crippen molar-refractivity contribution in [2.75, 3.05) is 0 Å². The number of carbonyl (C=O) groups excluding carboxylic acids is 2. The molecule has 1 rings (SSSR count). The number of rotatable bonds is 3. The van der Waals surface area contributed by atoms with Crippen molar-refractivity contribution >= 4 is 11.6 Å². The normalized spacial score (nSPS) is 17.4. The minimum atomic E-state index is 0.0298. The number of Topliss-reactive ketones (excluding diaryl/α,β-unsaturated/α-hetero) is 2. The fraction of sp³-hybridized carbons (Fsp3) is 0.600. The summed E-state index contributed by atoms with van der Waals surface area (Å²) in [4.78, 5) is 22.5. The van der Waals surface area contributed by atoms with Gasteiger partial charge >= 0.3 is 0 Å². The molecule has 0 fully saturated rings. The van der Waals surface area contributed by atoms with Gasteiger partial charge in [0.15, 0.2) is 11.6 Å². The largest absolute Gasteiger partial charge is 0.294 e. The van der Waals surface area contributed by atoms with E-state index in [1.807, 2.05) is 6.92 Å². The van der Waals surface area contributed by atoms with Gasteiger partial charge in [-0.25, -0.2) is 0 Å². The first-order chi connectivity index (χ1) is 5.75. The van der Waals surface area contributed by atoms with Crippen molar-refractivity contribution in [3.8, 4) is 0 Å². The van der Waals surface area contributed by atoms with Crippen molar-refractivity contribution in [1.29, 1.82) is 0 Å². The second-order valence-electron chi connectivity index (χ2n) is 3.11. The van der Waals surface area contributed by atoms with Crippen LogP contribution < -0.4 is 0 Å². The molecule has 0 spiro atoms. The Bertz CT molecular complexity index is 226. The smallest absolute Gasteiger partial charge is 0.166 e. The van der Waals surface area contributed by atoms with Crippen LogP contribution in [0, 0.1) is 0 Å². The maximum atomic E-state index is 11.3. The molecule has 1 aliphatic rings.